The molecule has 1 N–H and O–H groups in total. The van der Waals surface area contributed by atoms with Gasteiger partial charge in [0, 0.05) is 49.6 Å². The van der Waals surface area contributed by atoms with Crippen LogP contribution in [-0.4, -0.2) is 67.4 Å². The van der Waals surface area contributed by atoms with Crippen molar-refractivity contribution in [3.8, 4) is 0 Å². The van der Waals surface area contributed by atoms with Crippen LogP contribution in [0, 0.1) is 0 Å². The van der Waals surface area contributed by atoms with Crippen LogP contribution in [-0.2, 0) is 16.0 Å². The van der Waals surface area contributed by atoms with E-state index in [0.717, 1.165) is 54.6 Å². The van der Waals surface area contributed by atoms with E-state index in [1.165, 1.54) is 4.90 Å². The molecule has 0 spiro atoms. The van der Waals surface area contributed by atoms with Crippen LogP contribution in [0.1, 0.15) is 19.4 Å². The quantitative estimate of drug-likeness (QED) is 0.712. The fraction of sp³-hybridized carbons (Fsp3) is 0.417. The highest BCUT2D eigenvalue weighted by Gasteiger charge is 2.28. The third-order valence-electron chi connectivity index (χ3n) is 5.82. The molecule has 0 unspecified atom stereocenters. The lowest BCUT2D eigenvalue weighted by Gasteiger charge is -2.39. The van der Waals surface area contributed by atoms with E-state index in [9.17, 15) is 9.59 Å². The highest BCUT2D eigenvalue weighted by molar-refractivity contribution is 6.30. The summed E-state index contributed by atoms with van der Waals surface area (Å²) in [6.45, 7) is 7.22. The molecule has 2 amide bonds. The zero-order chi connectivity index (χ0) is 22.4. The SMILES string of the molecule is CCc1ccccc1NC(=O)CN(C)C(=O)[C@H](C)N1CCN(c2cccc(Cl)c2)CC1. The van der Waals surface area contributed by atoms with E-state index in [1.807, 2.05) is 49.4 Å². The molecule has 0 radical (unpaired) electrons. The van der Waals surface area contributed by atoms with Gasteiger partial charge >= 0.3 is 0 Å². The Morgan fingerprint density at radius 3 is 2.48 bits per heavy atom. The van der Waals surface area contributed by atoms with E-state index in [2.05, 4.69) is 28.1 Å². The molecule has 31 heavy (non-hydrogen) atoms. The first-order valence-corrected chi connectivity index (χ1v) is 11.1. The first-order chi connectivity index (χ1) is 14.9. The number of para-hydroxylation sites is 1. The van der Waals surface area contributed by atoms with Crippen LogP contribution in [0.4, 0.5) is 11.4 Å². The Hall–Kier alpha value is -2.57. The molecule has 0 bridgehead atoms. The van der Waals surface area contributed by atoms with E-state index in [-0.39, 0.29) is 24.4 Å². The predicted octanol–water partition coefficient (Wildman–Crippen LogP) is 3.51. The van der Waals surface area contributed by atoms with E-state index in [4.69, 9.17) is 11.6 Å². The average Bonchev–Trinajstić information content (AvgIpc) is 2.78. The Bertz CT molecular complexity index is 912. The van der Waals surface area contributed by atoms with Crippen molar-refractivity contribution >= 4 is 34.8 Å². The van der Waals surface area contributed by atoms with Crippen molar-refractivity contribution in [1.82, 2.24) is 9.80 Å². The molecule has 166 valence electrons. The summed E-state index contributed by atoms with van der Waals surface area (Å²) in [5.41, 5.74) is 2.99. The topological polar surface area (TPSA) is 55.9 Å². The van der Waals surface area contributed by atoms with E-state index in [0.29, 0.717) is 0 Å². The number of anilines is 2. The first-order valence-electron chi connectivity index (χ1n) is 10.8. The molecule has 0 aliphatic carbocycles. The highest BCUT2D eigenvalue weighted by atomic mass is 35.5. The number of rotatable bonds is 7. The number of halogens is 1. The Morgan fingerprint density at radius 2 is 1.81 bits per heavy atom. The fourth-order valence-electron chi connectivity index (χ4n) is 3.95. The molecule has 2 aromatic carbocycles. The van der Waals surface area contributed by atoms with Gasteiger partial charge in [-0.3, -0.25) is 14.5 Å². The third kappa shape index (κ3) is 5.99. The number of hydrogen-bond donors (Lipinski definition) is 1. The number of likely N-dealkylation sites (N-methyl/N-ethyl adjacent to an activating group) is 1. The summed E-state index contributed by atoms with van der Waals surface area (Å²) in [6, 6.07) is 15.3. The van der Waals surface area contributed by atoms with Crippen molar-refractivity contribution in [3.63, 3.8) is 0 Å². The second-order valence-corrected chi connectivity index (χ2v) is 8.37. The van der Waals surface area contributed by atoms with Crippen molar-refractivity contribution in [2.24, 2.45) is 0 Å². The number of benzene rings is 2. The summed E-state index contributed by atoms with van der Waals surface area (Å²) >= 11 is 6.11. The number of hydrogen-bond acceptors (Lipinski definition) is 4. The predicted molar refractivity (Wildman–Crippen MR) is 127 cm³/mol. The average molecular weight is 443 g/mol. The van der Waals surface area contributed by atoms with Crippen molar-refractivity contribution in [2.75, 3.05) is 50.0 Å². The van der Waals surface area contributed by atoms with E-state index in [1.54, 1.807) is 7.05 Å². The number of piperazine rings is 1. The summed E-state index contributed by atoms with van der Waals surface area (Å²) in [4.78, 5) is 31.4. The van der Waals surface area contributed by atoms with Gasteiger partial charge in [0.25, 0.3) is 0 Å². The number of carbonyl (C=O) groups is 2. The maximum absolute atomic E-state index is 12.9. The second kappa shape index (κ2) is 10.6. The molecule has 1 atom stereocenters. The van der Waals surface area contributed by atoms with Gasteiger partial charge in [-0.05, 0) is 43.2 Å². The van der Waals surface area contributed by atoms with Crippen LogP contribution < -0.4 is 10.2 Å². The van der Waals surface area contributed by atoms with Crippen LogP contribution in [0.3, 0.4) is 0 Å². The molecular weight excluding hydrogens is 412 g/mol. The summed E-state index contributed by atoms with van der Waals surface area (Å²) in [6.07, 6.45) is 0.837. The van der Waals surface area contributed by atoms with Crippen molar-refractivity contribution in [2.45, 2.75) is 26.3 Å². The number of nitrogens with one attached hydrogen (secondary N) is 1. The monoisotopic (exact) mass is 442 g/mol. The zero-order valence-corrected chi connectivity index (χ0v) is 19.2. The normalized spacial score (nSPS) is 15.4. The lowest BCUT2D eigenvalue weighted by atomic mass is 10.1. The molecule has 1 saturated heterocycles. The van der Waals surface area contributed by atoms with Crippen molar-refractivity contribution < 1.29 is 9.59 Å². The summed E-state index contributed by atoms with van der Waals surface area (Å²) in [7, 11) is 1.69. The van der Waals surface area contributed by atoms with Gasteiger partial charge < -0.3 is 15.1 Å². The van der Waals surface area contributed by atoms with Crippen molar-refractivity contribution in [1.29, 1.82) is 0 Å². The summed E-state index contributed by atoms with van der Waals surface area (Å²) in [5, 5.41) is 3.66. The number of amides is 2. The Kier molecular flexibility index (Phi) is 7.93. The van der Waals surface area contributed by atoms with Crippen LogP contribution in [0.5, 0.6) is 0 Å². The van der Waals surface area contributed by atoms with Crippen LogP contribution in [0.2, 0.25) is 5.02 Å². The molecule has 6 nitrogen and oxygen atoms in total. The summed E-state index contributed by atoms with van der Waals surface area (Å²) in [5.74, 6) is -0.232. The molecule has 2 aromatic rings. The van der Waals surface area contributed by atoms with E-state index < -0.39 is 0 Å². The van der Waals surface area contributed by atoms with Gasteiger partial charge in [0.05, 0.1) is 12.6 Å². The minimum Gasteiger partial charge on any atom is -0.369 e. The maximum Gasteiger partial charge on any atom is 0.243 e. The lowest BCUT2D eigenvalue weighted by Crippen LogP contribution is -2.54. The number of aryl methyl sites for hydroxylation is 1. The van der Waals surface area contributed by atoms with Gasteiger partial charge in [0.15, 0.2) is 0 Å². The Morgan fingerprint density at radius 1 is 1.10 bits per heavy atom. The summed E-state index contributed by atoms with van der Waals surface area (Å²) < 4.78 is 0. The molecule has 7 heteroatoms. The lowest BCUT2D eigenvalue weighted by molar-refractivity contribution is -0.137. The molecule has 1 aliphatic rings. The minimum absolute atomic E-state index is 0.0314. The van der Waals surface area contributed by atoms with Gasteiger partial charge in [0.2, 0.25) is 11.8 Å². The molecule has 1 aliphatic heterocycles. The highest BCUT2D eigenvalue weighted by Crippen LogP contribution is 2.21. The molecule has 0 saturated carbocycles. The standard InChI is InChI=1S/C24H31ClN4O2/c1-4-19-8-5-6-11-22(19)26-23(30)17-27(3)24(31)18(2)28-12-14-29(15-13-28)21-10-7-9-20(25)16-21/h5-11,16,18H,4,12-15,17H2,1-3H3,(H,26,30)/t18-/m0/s1. The van der Waals surface area contributed by atoms with Gasteiger partial charge in [-0.1, -0.05) is 42.8 Å². The molecule has 3 rings (SSSR count). The Balaban J connectivity index is 1.51. The van der Waals surface area contributed by atoms with Crippen LogP contribution in [0.15, 0.2) is 48.5 Å². The maximum atomic E-state index is 12.9. The molecule has 0 aromatic heterocycles. The molecular formula is C24H31ClN4O2. The third-order valence-corrected chi connectivity index (χ3v) is 6.06. The van der Waals surface area contributed by atoms with Gasteiger partial charge in [0.1, 0.15) is 0 Å². The first kappa shape index (κ1) is 23.1. The smallest absolute Gasteiger partial charge is 0.243 e. The van der Waals surface area contributed by atoms with Gasteiger partial charge in [-0.25, -0.2) is 0 Å². The fourth-order valence-corrected chi connectivity index (χ4v) is 4.13. The second-order valence-electron chi connectivity index (χ2n) is 7.93. The largest absolute Gasteiger partial charge is 0.369 e. The van der Waals surface area contributed by atoms with Crippen LogP contribution in [0.25, 0.3) is 0 Å². The van der Waals surface area contributed by atoms with Gasteiger partial charge in [-0.2, -0.15) is 0 Å². The van der Waals surface area contributed by atoms with E-state index >= 15 is 0 Å². The Labute approximate surface area is 189 Å². The van der Waals surface area contributed by atoms with Crippen molar-refractivity contribution in [3.05, 3.63) is 59.1 Å². The molecule has 1 heterocycles. The number of carbonyl (C=O) groups excluding carboxylic acids is 2. The minimum atomic E-state index is -0.276. The zero-order valence-electron chi connectivity index (χ0n) is 18.5. The number of nitrogens with zero attached hydrogens (tertiary/aromatic N) is 3. The molecule has 1 fully saturated rings. The van der Waals surface area contributed by atoms with Crippen LogP contribution >= 0.6 is 11.6 Å². The van der Waals surface area contributed by atoms with Gasteiger partial charge in [-0.15, -0.1) is 0 Å².